The summed E-state index contributed by atoms with van der Waals surface area (Å²) in [5.74, 6) is 9.99. The van der Waals surface area contributed by atoms with Gasteiger partial charge >= 0.3 is 0 Å². The Balaban J connectivity index is 1.25. The second-order valence-electron chi connectivity index (χ2n) is 13.8. The van der Waals surface area contributed by atoms with Crippen LogP contribution in [0.2, 0.25) is 0 Å². The summed E-state index contributed by atoms with van der Waals surface area (Å²) in [5, 5.41) is 0. The van der Waals surface area contributed by atoms with Gasteiger partial charge in [0, 0.05) is 23.7 Å². The van der Waals surface area contributed by atoms with Gasteiger partial charge in [-0.2, -0.15) is 0 Å². The number of Topliss-reactive ketones (excluding diaryl/α,β-unsaturated/α-hetero) is 2. The van der Waals surface area contributed by atoms with Crippen LogP contribution in [0.1, 0.15) is 91.9 Å². The first-order valence-electron chi connectivity index (χ1n) is 14.4. The third-order valence-electron chi connectivity index (χ3n) is 12.3. The van der Waals surface area contributed by atoms with Crippen LogP contribution in [-0.4, -0.2) is 11.6 Å². The van der Waals surface area contributed by atoms with E-state index in [4.69, 9.17) is 0 Å². The number of carbonyl (C=O) groups is 2. The van der Waals surface area contributed by atoms with Crippen molar-refractivity contribution in [2.45, 2.75) is 91.9 Å². The second kappa shape index (κ2) is 7.94. The van der Waals surface area contributed by atoms with Crippen molar-refractivity contribution in [3.63, 3.8) is 0 Å². The molecule has 0 aromatic rings. The van der Waals surface area contributed by atoms with Gasteiger partial charge in [0.2, 0.25) is 0 Å². The number of hydrogen-bond donors (Lipinski definition) is 0. The molecule has 6 saturated carbocycles. The predicted molar refractivity (Wildman–Crippen MR) is 128 cm³/mol. The Kier molecular flexibility index (Phi) is 5.42. The summed E-state index contributed by atoms with van der Waals surface area (Å²) in [6, 6.07) is 0. The molecule has 6 rings (SSSR count). The number of ketones is 2. The highest BCUT2D eigenvalue weighted by atomic mass is 16.1. The average molecular weight is 439 g/mol. The van der Waals surface area contributed by atoms with Crippen molar-refractivity contribution in [2.75, 3.05) is 0 Å². The van der Waals surface area contributed by atoms with E-state index in [0.717, 1.165) is 48.3 Å². The Bertz CT molecular complexity index is 703. The third kappa shape index (κ3) is 3.09. The molecule has 2 heteroatoms. The molecule has 32 heavy (non-hydrogen) atoms. The second-order valence-corrected chi connectivity index (χ2v) is 13.8. The molecule has 0 aromatic carbocycles. The first kappa shape index (κ1) is 21.8. The van der Waals surface area contributed by atoms with Crippen molar-refractivity contribution in [1.29, 1.82) is 0 Å². The Hall–Kier alpha value is -0.660. The van der Waals surface area contributed by atoms with Gasteiger partial charge < -0.3 is 0 Å². The van der Waals surface area contributed by atoms with Gasteiger partial charge in [-0.15, -0.1) is 0 Å². The maximum absolute atomic E-state index is 13.6. The zero-order chi connectivity index (χ0) is 22.3. The van der Waals surface area contributed by atoms with Gasteiger partial charge in [-0.25, -0.2) is 0 Å². The highest BCUT2D eigenvalue weighted by Gasteiger charge is 2.63. The fourth-order valence-electron chi connectivity index (χ4n) is 10.8. The van der Waals surface area contributed by atoms with Crippen LogP contribution in [0.15, 0.2) is 0 Å². The highest BCUT2D eigenvalue weighted by molar-refractivity contribution is 5.88. The molecule has 0 amide bonds. The van der Waals surface area contributed by atoms with Crippen LogP contribution in [0.4, 0.5) is 0 Å². The van der Waals surface area contributed by atoms with E-state index in [1.54, 1.807) is 0 Å². The van der Waals surface area contributed by atoms with E-state index >= 15 is 0 Å². The molecule has 6 aliphatic rings. The molecule has 0 aliphatic heterocycles. The van der Waals surface area contributed by atoms with Crippen molar-refractivity contribution in [3.8, 4) is 0 Å². The van der Waals surface area contributed by atoms with E-state index in [-0.39, 0.29) is 0 Å². The van der Waals surface area contributed by atoms with E-state index in [9.17, 15) is 9.59 Å². The standard InChI is InChI=1S/C30H46O2/c1-15(2)17-5-7-21-25(13-17)29(31)23-11-9-20-19(27(21)23)10-12-24-28(20)22-8-6-18(16(3)4)14-26(22)30(24)32/h15-28H,5-14H2,1-4H3. The maximum Gasteiger partial charge on any atom is 0.139 e. The van der Waals surface area contributed by atoms with Gasteiger partial charge in [0.05, 0.1) is 0 Å². The van der Waals surface area contributed by atoms with E-state index < -0.39 is 0 Å². The molecule has 178 valence electrons. The summed E-state index contributed by atoms with van der Waals surface area (Å²) in [4.78, 5) is 27.1. The van der Waals surface area contributed by atoms with E-state index in [1.807, 2.05) is 0 Å². The summed E-state index contributed by atoms with van der Waals surface area (Å²) >= 11 is 0. The first-order chi connectivity index (χ1) is 15.4. The molecular weight excluding hydrogens is 392 g/mol. The van der Waals surface area contributed by atoms with Crippen LogP contribution in [0.25, 0.3) is 0 Å². The van der Waals surface area contributed by atoms with Crippen LogP contribution >= 0.6 is 0 Å². The Morgan fingerprint density at radius 3 is 1.25 bits per heavy atom. The molecule has 0 heterocycles. The van der Waals surface area contributed by atoms with Gasteiger partial charge in [0.25, 0.3) is 0 Å². The quantitative estimate of drug-likeness (QED) is 0.474. The molecule has 12 unspecified atom stereocenters. The highest BCUT2D eigenvalue weighted by Crippen LogP contribution is 2.65. The van der Waals surface area contributed by atoms with Gasteiger partial charge in [-0.1, -0.05) is 27.7 Å². The molecule has 0 saturated heterocycles. The minimum absolute atomic E-state index is 0.373. The lowest BCUT2D eigenvalue weighted by atomic mass is 9.53. The zero-order valence-electron chi connectivity index (χ0n) is 21.0. The van der Waals surface area contributed by atoms with Crippen LogP contribution in [-0.2, 0) is 9.59 Å². The van der Waals surface area contributed by atoms with E-state index in [0.29, 0.717) is 58.9 Å². The predicted octanol–water partition coefficient (Wildman–Crippen LogP) is 6.81. The van der Waals surface area contributed by atoms with Crippen molar-refractivity contribution in [2.24, 2.45) is 82.9 Å². The van der Waals surface area contributed by atoms with E-state index in [2.05, 4.69) is 27.7 Å². The van der Waals surface area contributed by atoms with Gasteiger partial charge in [-0.3, -0.25) is 9.59 Å². The SMILES string of the molecule is CC(C)C1CCC2C(C1)C(=O)C1CCC3C(CCC4C(=O)C5CC(C(C)C)CCC5C43)C12. The maximum atomic E-state index is 13.6. The Morgan fingerprint density at radius 2 is 0.875 bits per heavy atom. The van der Waals surface area contributed by atoms with Crippen LogP contribution in [0, 0.1) is 82.9 Å². The summed E-state index contributed by atoms with van der Waals surface area (Å²) in [6.07, 6.45) is 12.4. The summed E-state index contributed by atoms with van der Waals surface area (Å²) in [6.45, 7) is 9.43. The van der Waals surface area contributed by atoms with Crippen LogP contribution in [0.3, 0.4) is 0 Å². The lowest BCUT2D eigenvalue weighted by Gasteiger charge is -2.51. The lowest BCUT2D eigenvalue weighted by Crippen LogP contribution is -2.46. The topological polar surface area (TPSA) is 34.1 Å². The largest absolute Gasteiger partial charge is 0.299 e. The van der Waals surface area contributed by atoms with Crippen molar-refractivity contribution in [1.82, 2.24) is 0 Å². The Labute approximate surface area is 196 Å². The number of rotatable bonds is 2. The summed E-state index contributed by atoms with van der Waals surface area (Å²) < 4.78 is 0. The van der Waals surface area contributed by atoms with Crippen molar-refractivity contribution in [3.05, 3.63) is 0 Å². The molecule has 0 aromatic heterocycles. The van der Waals surface area contributed by atoms with Crippen molar-refractivity contribution >= 4 is 11.6 Å². The number of hydrogen-bond acceptors (Lipinski definition) is 2. The van der Waals surface area contributed by atoms with Crippen molar-refractivity contribution < 1.29 is 9.59 Å². The average Bonchev–Trinajstić information content (AvgIpc) is 3.25. The fraction of sp³-hybridized carbons (Fsp3) is 0.933. The monoisotopic (exact) mass is 438 g/mol. The molecular formula is C30H46O2. The molecule has 0 spiro atoms. The molecule has 0 bridgehead atoms. The first-order valence-corrected chi connectivity index (χ1v) is 14.4. The molecule has 0 radical (unpaired) electrons. The molecule has 2 nitrogen and oxygen atoms in total. The Morgan fingerprint density at radius 1 is 0.500 bits per heavy atom. The number of carbonyl (C=O) groups excluding carboxylic acids is 2. The third-order valence-corrected chi connectivity index (χ3v) is 12.3. The van der Waals surface area contributed by atoms with E-state index in [1.165, 1.54) is 51.4 Å². The van der Waals surface area contributed by atoms with Crippen LogP contribution < -0.4 is 0 Å². The van der Waals surface area contributed by atoms with Gasteiger partial charge in [-0.05, 0) is 123 Å². The number of fused-ring (bicyclic) bond motifs is 9. The summed E-state index contributed by atoms with van der Waals surface area (Å²) in [5.41, 5.74) is 0. The minimum atomic E-state index is 0.373. The van der Waals surface area contributed by atoms with Gasteiger partial charge in [0.15, 0.2) is 0 Å². The fourth-order valence-corrected chi connectivity index (χ4v) is 10.8. The summed E-state index contributed by atoms with van der Waals surface area (Å²) in [7, 11) is 0. The molecule has 6 aliphatic carbocycles. The van der Waals surface area contributed by atoms with Crippen LogP contribution in [0.5, 0.6) is 0 Å². The lowest BCUT2D eigenvalue weighted by molar-refractivity contribution is -0.129. The minimum Gasteiger partial charge on any atom is -0.299 e. The smallest absolute Gasteiger partial charge is 0.139 e. The van der Waals surface area contributed by atoms with Gasteiger partial charge in [0.1, 0.15) is 11.6 Å². The molecule has 6 fully saturated rings. The molecule has 0 N–H and O–H groups in total. The zero-order valence-corrected chi connectivity index (χ0v) is 21.0. The normalized spacial score (nSPS) is 52.4. The molecule has 12 atom stereocenters.